The molecule has 2 aliphatic heterocycles. The highest BCUT2D eigenvalue weighted by Gasteiger charge is 2.45. The first kappa shape index (κ1) is 16.5. The Hall–Kier alpha value is -1.99. The Bertz CT molecular complexity index is 953. The average Bonchev–Trinajstić information content (AvgIpc) is 2.91. The van der Waals surface area contributed by atoms with Crippen LogP contribution in [-0.2, 0) is 29.3 Å². The fourth-order valence-corrected chi connectivity index (χ4v) is 5.92. The summed E-state index contributed by atoms with van der Waals surface area (Å²) < 4.78 is 28.0. The molecule has 0 saturated carbocycles. The monoisotopic (exact) mass is 359 g/mol. The number of sulfonamides is 1. The van der Waals surface area contributed by atoms with Gasteiger partial charge in [-0.2, -0.15) is 4.31 Å². The van der Waals surface area contributed by atoms with Crippen molar-refractivity contribution < 1.29 is 8.42 Å². The lowest BCUT2D eigenvalue weighted by molar-refractivity contribution is 0.327. The van der Waals surface area contributed by atoms with Crippen molar-refractivity contribution in [2.24, 2.45) is 0 Å². The molecule has 1 aromatic carbocycles. The summed E-state index contributed by atoms with van der Waals surface area (Å²) in [6.45, 7) is 1.94. The number of H-pyrrole nitrogens is 1. The van der Waals surface area contributed by atoms with Crippen molar-refractivity contribution in [3.05, 3.63) is 57.8 Å². The average molecular weight is 359 g/mol. The van der Waals surface area contributed by atoms with E-state index in [2.05, 4.69) is 9.97 Å². The van der Waals surface area contributed by atoms with Crippen LogP contribution in [0.5, 0.6) is 0 Å². The van der Waals surface area contributed by atoms with Crippen molar-refractivity contribution in [3.8, 4) is 0 Å². The van der Waals surface area contributed by atoms with E-state index in [0.717, 1.165) is 18.5 Å². The molecule has 2 atom stereocenters. The molecule has 132 valence electrons. The van der Waals surface area contributed by atoms with Crippen LogP contribution in [0.2, 0.25) is 0 Å². The lowest BCUT2D eigenvalue weighted by Crippen LogP contribution is -2.41. The van der Waals surface area contributed by atoms with Gasteiger partial charge in [0.1, 0.15) is 5.82 Å². The highest BCUT2D eigenvalue weighted by molar-refractivity contribution is 7.89. The first-order valence-electron chi connectivity index (χ1n) is 8.70. The zero-order valence-electron chi connectivity index (χ0n) is 14.1. The van der Waals surface area contributed by atoms with E-state index in [9.17, 15) is 13.2 Å². The third-order valence-corrected chi connectivity index (χ3v) is 7.24. The topological polar surface area (TPSA) is 83.1 Å². The summed E-state index contributed by atoms with van der Waals surface area (Å²) >= 11 is 0. The maximum Gasteiger partial charge on any atom is 0.254 e. The van der Waals surface area contributed by atoms with Crippen molar-refractivity contribution in [2.75, 3.05) is 0 Å². The van der Waals surface area contributed by atoms with Gasteiger partial charge < -0.3 is 4.98 Å². The molecule has 0 spiro atoms. The SMILES string of the molecule is CCc1nc2c(c(=O)[nH]1)CC1CCC(C2)N1S(=O)(=O)c1ccccc1. The number of rotatable bonds is 3. The third kappa shape index (κ3) is 2.71. The van der Waals surface area contributed by atoms with Crippen LogP contribution in [0.15, 0.2) is 40.0 Å². The molecule has 0 amide bonds. The maximum absolute atomic E-state index is 13.2. The molecular formula is C18H21N3O3S. The molecule has 2 bridgehead atoms. The number of hydrogen-bond donors (Lipinski definition) is 1. The summed E-state index contributed by atoms with van der Waals surface area (Å²) in [5.41, 5.74) is 1.30. The molecule has 2 unspecified atom stereocenters. The predicted molar refractivity (Wildman–Crippen MR) is 93.9 cm³/mol. The zero-order valence-corrected chi connectivity index (χ0v) is 14.9. The molecule has 0 aliphatic carbocycles. The Balaban J connectivity index is 1.77. The van der Waals surface area contributed by atoms with Crippen molar-refractivity contribution in [3.63, 3.8) is 0 Å². The molecule has 0 radical (unpaired) electrons. The summed E-state index contributed by atoms with van der Waals surface area (Å²) in [7, 11) is -3.57. The molecule has 25 heavy (non-hydrogen) atoms. The molecule has 1 saturated heterocycles. The molecule has 1 aromatic heterocycles. The largest absolute Gasteiger partial charge is 0.310 e. The zero-order chi connectivity index (χ0) is 17.6. The minimum absolute atomic E-state index is 0.119. The summed E-state index contributed by atoms with van der Waals surface area (Å²) in [4.78, 5) is 20.2. The van der Waals surface area contributed by atoms with Crippen LogP contribution in [0.1, 0.15) is 36.8 Å². The fraction of sp³-hybridized carbons (Fsp3) is 0.444. The number of fused-ring (bicyclic) bond motifs is 3. The van der Waals surface area contributed by atoms with Crippen molar-refractivity contribution in [1.82, 2.24) is 14.3 Å². The lowest BCUT2D eigenvalue weighted by Gasteiger charge is -2.27. The van der Waals surface area contributed by atoms with E-state index >= 15 is 0 Å². The van der Waals surface area contributed by atoms with Gasteiger partial charge >= 0.3 is 0 Å². The summed E-state index contributed by atoms with van der Waals surface area (Å²) in [5, 5.41) is 0. The van der Waals surface area contributed by atoms with Gasteiger partial charge in [-0.15, -0.1) is 0 Å². The Morgan fingerprint density at radius 2 is 1.84 bits per heavy atom. The Morgan fingerprint density at radius 1 is 1.16 bits per heavy atom. The molecule has 2 aromatic rings. The van der Waals surface area contributed by atoms with Crippen molar-refractivity contribution in [2.45, 2.75) is 56.0 Å². The predicted octanol–water partition coefficient (Wildman–Crippen LogP) is 1.65. The summed E-state index contributed by atoms with van der Waals surface area (Å²) in [5.74, 6) is 0.666. The number of hydrogen-bond acceptors (Lipinski definition) is 4. The van der Waals surface area contributed by atoms with Gasteiger partial charge in [-0.25, -0.2) is 13.4 Å². The molecule has 1 N–H and O–H groups in total. The fourth-order valence-electron chi connectivity index (χ4n) is 4.03. The van der Waals surface area contributed by atoms with E-state index in [0.29, 0.717) is 35.5 Å². The number of aromatic amines is 1. The quantitative estimate of drug-likeness (QED) is 0.903. The van der Waals surface area contributed by atoms with Gasteiger partial charge in [-0.3, -0.25) is 4.79 Å². The van der Waals surface area contributed by atoms with Gasteiger partial charge in [0, 0.05) is 30.5 Å². The van der Waals surface area contributed by atoms with E-state index < -0.39 is 10.0 Å². The molecule has 3 heterocycles. The van der Waals surface area contributed by atoms with Gasteiger partial charge in [-0.05, 0) is 31.4 Å². The van der Waals surface area contributed by atoms with E-state index in [1.165, 1.54) is 0 Å². The van der Waals surface area contributed by atoms with Crippen molar-refractivity contribution in [1.29, 1.82) is 0 Å². The molecule has 2 aliphatic rings. The van der Waals surface area contributed by atoms with Crippen LogP contribution in [-0.4, -0.2) is 34.8 Å². The van der Waals surface area contributed by atoms with Crippen LogP contribution < -0.4 is 5.56 Å². The standard InChI is InChI=1S/C18H21N3O3S/c1-2-17-19-16-11-13-9-8-12(10-15(16)18(22)20-17)21(13)25(23,24)14-6-4-3-5-7-14/h3-7,12-13H,2,8-11H2,1H3,(H,19,20,22). The van der Waals surface area contributed by atoms with Gasteiger partial charge in [-0.1, -0.05) is 25.1 Å². The minimum Gasteiger partial charge on any atom is -0.310 e. The molecule has 7 heteroatoms. The number of nitrogens with zero attached hydrogens (tertiary/aromatic N) is 2. The highest BCUT2D eigenvalue weighted by Crippen LogP contribution is 2.36. The maximum atomic E-state index is 13.2. The Labute approximate surface area is 147 Å². The second-order valence-electron chi connectivity index (χ2n) is 6.73. The van der Waals surface area contributed by atoms with E-state index in [1.54, 1.807) is 28.6 Å². The summed E-state index contributed by atoms with van der Waals surface area (Å²) in [6.07, 6.45) is 3.19. The first-order valence-corrected chi connectivity index (χ1v) is 10.1. The minimum atomic E-state index is -3.57. The second kappa shape index (κ2) is 6.07. The van der Waals surface area contributed by atoms with Gasteiger partial charge in [0.15, 0.2) is 0 Å². The van der Waals surface area contributed by atoms with E-state index in [-0.39, 0.29) is 17.6 Å². The van der Waals surface area contributed by atoms with Crippen molar-refractivity contribution >= 4 is 10.0 Å². The number of aryl methyl sites for hydroxylation is 1. The van der Waals surface area contributed by atoms with Crippen LogP contribution >= 0.6 is 0 Å². The highest BCUT2D eigenvalue weighted by atomic mass is 32.2. The Morgan fingerprint density at radius 3 is 2.52 bits per heavy atom. The van der Waals surface area contributed by atoms with Gasteiger partial charge in [0.25, 0.3) is 5.56 Å². The van der Waals surface area contributed by atoms with Crippen LogP contribution in [0.4, 0.5) is 0 Å². The summed E-state index contributed by atoms with van der Waals surface area (Å²) in [6, 6.07) is 8.24. The van der Waals surface area contributed by atoms with Gasteiger partial charge in [0.05, 0.1) is 10.6 Å². The van der Waals surface area contributed by atoms with Gasteiger partial charge in [0.2, 0.25) is 10.0 Å². The molecule has 6 nitrogen and oxygen atoms in total. The van der Waals surface area contributed by atoms with Crippen LogP contribution in [0.3, 0.4) is 0 Å². The molecular weight excluding hydrogens is 338 g/mol. The van der Waals surface area contributed by atoms with E-state index in [1.807, 2.05) is 13.0 Å². The molecule has 4 rings (SSSR count). The van der Waals surface area contributed by atoms with Crippen LogP contribution in [0.25, 0.3) is 0 Å². The smallest absolute Gasteiger partial charge is 0.254 e. The van der Waals surface area contributed by atoms with Crippen LogP contribution in [0, 0.1) is 0 Å². The number of nitrogens with one attached hydrogen (secondary N) is 1. The lowest BCUT2D eigenvalue weighted by atomic mass is 9.98. The first-order chi connectivity index (χ1) is 12.0. The third-order valence-electron chi connectivity index (χ3n) is 5.23. The normalized spacial score (nSPS) is 23.2. The Kier molecular flexibility index (Phi) is 4.00. The van der Waals surface area contributed by atoms with E-state index in [4.69, 9.17) is 0 Å². The number of benzene rings is 1. The number of aromatic nitrogens is 2. The second-order valence-corrected chi connectivity index (χ2v) is 8.58. The molecule has 1 fully saturated rings.